The topological polar surface area (TPSA) is 105 Å². The van der Waals surface area contributed by atoms with E-state index in [0.29, 0.717) is 6.42 Å². The molecule has 0 aromatic heterocycles. The first-order chi connectivity index (χ1) is 16.7. The summed E-state index contributed by atoms with van der Waals surface area (Å²) in [6.07, 6.45) is 1.39. The Bertz CT molecular complexity index is 1060. The fraction of sp³-hybridized carbons (Fsp3) is 0.464. The minimum absolute atomic E-state index is 0.0701. The maximum atomic E-state index is 13.2. The van der Waals surface area contributed by atoms with Crippen molar-refractivity contribution in [2.45, 2.75) is 64.0 Å². The molecular weight excluding hydrogens is 444 g/mol. The molecule has 1 fully saturated rings. The molecule has 0 spiro atoms. The number of benzene rings is 2. The van der Waals surface area contributed by atoms with Crippen molar-refractivity contribution in [3.8, 4) is 11.1 Å². The van der Waals surface area contributed by atoms with Gasteiger partial charge >= 0.3 is 12.1 Å². The van der Waals surface area contributed by atoms with E-state index in [9.17, 15) is 19.5 Å². The smallest absolute Gasteiger partial charge is 0.407 e. The molecule has 2 aliphatic rings. The lowest BCUT2D eigenvalue weighted by Gasteiger charge is -2.32. The van der Waals surface area contributed by atoms with E-state index in [0.717, 1.165) is 35.1 Å². The molecule has 0 aliphatic heterocycles. The van der Waals surface area contributed by atoms with Crippen LogP contribution in [0.3, 0.4) is 0 Å². The highest BCUT2D eigenvalue weighted by Crippen LogP contribution is 2.44. The van der Waals surface area contributed by atoms with Gasteiger partial charge in [-0.1, -0.05) is 62.4 Å². The highest BCUT2D eigenvalue weighted by atomic mass is 16.5. The van der Waals surface area contributed by atoms with Gasteiger partial charge in [0.05, 0.1) is 12.0 Å². The first kappa shape index (κ1) is 24.8. The third-order valence-electron chi connectivity index (χ3n) is 7.06. The number of hydrogen-bond donors (Lipinski definition) is 3. The third kappa shape index (κ3) is 5.66. The Kier molecular flexibility index (Phi) is 7.15. The van der Waals surface area contributed by atoms with E-state index in [4.69, 9.17) is 4.74 Å². The number of carbonyl (C=O) groups excluding carboxylic acids is 2. The zero-order valence-corrected chi connectivity index (χ0v) is 20.5. The van der Waals surface area contributed by atoms with Gasteiger partial charge < -0.3 is 20.5 Å². The maximum absolute atomic E-state index is 13.2. The molecule has 2 amide bonds. The minimum Gasteiger partial charge on any atom is -0.481 e. The summed E-state index contributed by atoms with van der Waals surface area (Å²) < 4.78 is 5.63. The van der Waals surface area contributed by atoms with Crippen molar-refractivity contribution in [3.05, 3.63) is 59.7 Å². The van der Waals surface area contributed by atoms with Gasteiger partial charge in [-0.2, -0.15) is 0 Å². The molecule has 2 aliphatic carbocycles. The number of carboxylic acid groups (broad SMARTS) is 1. The van der Waals surface area contributed by atoms with Crippen molar-refractivity contribution in [3.63, 3.8) is 0 Å². The fourth-order valence-electron chi connectivity index (χ4n) is 5.18. The molecule has 7 heteroatoms. The summed E-state index contributed by atoms with van der Waals surface area (Å²) in [6, 6.07) is 15.4. The molecule has 0 saturated heterocycles. The molecule has 2 aromatic rings. The Morgan fingerprint density at radius 1 is 1.03 bits per heavy atom. The van der Waals surface area contributed by atoms with Crippen LogP contribution in [0.15, 0.2) is 48.5 Å². The van der Waals surface area contributed by atoms with Crippen LogP contribution >= 0.6 is 0 Å². The predicted molar refractivity (Wildman–Crippen MR) is 133 cm³/mol. The second-order valence-electron chi connectivity index (χ2n) is 10.4. The predicted octanol–water partition coefficient (Wildman–Crippen LogP) is 4.70. The number of ether oxygens (including phenoxy) is 1. The lowest BCUT2D eigenvalue weighted by molar-refractivity contribution is -0.139. The van der Waals surface area contributed by atoms with Crippen LogP contribution in [0.25, 0.3) is 11.1 Å². The average Bonchev–Trinajstić information content (AvgIpc) is 3.61. The summed E-state index contributed by atoms with van der Waals surface area (Å²) in [5, 5.41) is 15.0. The van der Waals surface area contributed by atoms with Gasteiger partial charge in [-0.05, 0) is 60.3 Å². The SMILES string of the molecule is CC(C)C[C@H](NC(=O)OCC1c2ccccc2-c2ccccc21)C(=O)NC(C)(CC(=O)O)C1CC1. The molecular formula is C28H34N2O5. The van der Waals surface area contributed by atoms with Crippen molar-refractivity contribution in [2.24, 2.45) is 11.8 Å². The van der Waals surface area contributed by atoms with E-state index in [1.807, 2.05) is 38.1 Å². The largest absolute Gasteiger partial charge is 0.481 e. The quantitative estimate of drug-likeness (QED) is 0.459. The minimum atomic E-state index is -0.954. The number of hydrogen-bond acceptors (Lipinski definition) is 4. The van der Waals surface area contributed by atoms with Gasteiger partial charge in [0, 0.05) is 5.92 Å². The van der Waals surface area contributed by atoms with Gasteiger partial charge in [0.15, 0.2) is 0 Å². The summed E-state index contributed by atoms with van der Waals surface area (Å²) in [7, 11) is 0. The van der Waals surface area contributed by atoms with Crippen LogP contribution in [0.1, 0.15) is 63.5 Å². The number of alkyl carbamates (subject to hydrolysis) is 1. The van der Waals surface area contributed by atoms with E-state index < -0.39 is 23.6 Å². The maximum Gasteiger partial charge on any atom is 0.407 e. The number of aliphatic carboxylic acids is 1. The molecule has 7 nitrogen and oxygen atoms in total. The van der Waals surface area contributed by atoms with Crippen LogP contribution in [0.5, 0.6) is 0 Å². The summed E-state index contributed by atoms with van der Waals surface area (Å²) in [4.78, 5) is 37.4. The monoisotopic (exact) mass is 478 g/mol. The number of nitrogens with one attached hydrogen (secondary N) is 2. The van der Waals surface area contributed by atoms with Gasteiger partial charge in [-0.25, -0.2) is 4.79 Å². The summed E-state index contributed by atoms with van der Waals surface area (Å²) >= 11 is 0. The van der Waals surface area contributed by atoms with E-state index in [-0.39, 0.29) is 36.7 Å². The van der Waals surface area contributed by atoms with Crippen LogP contribution in [-0.2, 0) is 14.3 Å². The van der Waals surface area contributed by atoms with Crippen molar-refractivity contribution in [1.29, 1.82) is 0 Å². The van der Waals surface area contributed by atoms with Gasteiger partial charge in [0.1, 0.15) is 12.6 Å². The van der Waals surface area contributed by atoms with Crippen LogP contribution in [0.2, 0.25) is 0 Å². The Labute approximate surface area is 206 Å². The first-order valence-corrected chi connectivity index (χ1v) is 12.3. The van der Waals surface area contributed by atoms with Crippen molar-refractivity contribution in [2.75, 3.05) is 6.61 Å². The lowest BCUT2D eigenvalue weighted by Crippen LogP contribution is -2.56. The fourth-order valence-corrected chi connectivity index (χ4v) is 5.18. The van der Waals surface area contributed by atoms with Crippen molar-refractivity contribution < 1.29 is 24.2 Å². The van der Waals surface area contributed by atoms with Crippen molar-refractivity contribution >= 4 is 18.0 Å². The Morgan fingerprint density at radius 3 is 2.11 bits per heavy atom. The lowest BCUT2D eigenvalue weighted by atomic mass is 9.90. The molecule has 35 heavy (non-hydrogen) atoms. The van der Waals surface area contributed by atoms with Crippen molar-refractivity contribution in [1.82, 2.24) is 10.6 Å². The first-order valence-electron chi connectivity index (χ1n) is 12.3. The number of amides is 2. The molecule has 2 aromatic carbocycles. The molecule has 0 radical (unpaired) electrons. The van der Waals surface area contributed by atoms with Crippen LogP contribution < -0.4 is 10.6 Å². The Balaban J connectivity index is 1.42. The average molecular weight is 479 g/mol. The molecule has 1 saturated carbocycles. The summed E-state index contributed by atoms with van der Waals surface area (Å²) in [5.41, 5.74) is 3.69. The Hall–Kier alpha value is -3.35. The zero-order chi connectivity index (χ0) is 25.2. The Morgan fingerprint density at radius 2 is 1.60 bits per heavy atom. The highest BCUT2D eigenvalue weighted by molar-refractivity contribution is 5.87. The van der Waals surface area contributed by atoms with Crippen LogP contribution in [0.4, 0.5) is 4.79 Å². The van der Waals surface area contributed by atoms with Crippen LogP contribution in [-0.4, -0.2) is 41.3 Å². The van der Waals surface area contributed by atoms with E-state index in [1.165, 1.54) is 0 Å². The van der Waals surface area contributed by atoms with Gasteiger partial charge in [0.2, 0.25) is 5.91 Å². The third-order valence-corrected chi connectivity index (χ3v) is 7.06. The number of carboxylic acids is 1. The summed E-state index contributed by atoms with van der Waals surface area (Å²) in [6.45, 7) is 5.87. The van der Waals surface area contributed by atoms with Gasteiger partial charge in [0.25, 0.3) is 0 Å². The summed E-state index contributed by atoms with van der Waals surface area (Å²) in [5.74, 6) is -1.12. The second-order valence-corrected chi connectivity index (χ2v) is 10.4. The standard InChI is InChI=1S/C28H34N2O5/c1-17(2)14-24(26(33)30-28(3,15-25(31)32)18-12-13-18)29-27(34)35-16-23-21-10-6-4-8-19(21)20-9-5-7-11-22(20)23/h4-11,17-18,23-24H,12-16H2,1-3H3,(H,29,34)(H,30,33)(H,31,32)/t24-,28?/m0/s1. The molecule has 186 valence electrons. The normalized spacial score (nSPS) is 17.1. The van der Waals surface area contributed by atoms with Crippen LogP contribution in [0, 0.1) is 11.8 Å². The molecule has 0 heterocycles. The van der Waals surface area contributed by atoms with E-state index >= 15 is 0 Å². The van der Waals surface area contributed by atoms with E-state index in [1.54, 1.807) is 6.92 Å². The number of carbonyl (C=O) groups is 3. The molecule has 1 unspecified atom stereocenters. The van der Waals surface area contributed by atoms with Gasteiger partial charge in [-0.3, -0.25) is 9.59 Å². The van der Waals surface area contributed by atoms with E-state index in [2.05, 4.69) is 34.9 Å². The molecule has 2 atom stereocenters. The molecule has 3 N–H and O–H groups in total. The number of fused-ring (bicyclic) bond motifs is 3. The highest BCUT2D eigenvalue weighted by Gasteiger charge is 2.45. The van der Waals surface area contributed by atoms with Gasteiger partial charge in [-0.15, -0.1) is 0 Å². The molecule has 4 rings (SSSR count). The second kappa shape index (κ2) is 10.1. The zero-order valence-electron chi connectivity index (χ0n) is 20.5. The molecule has 0 bridgehead atoms. The number of rotatable bonds is 10.